The van der Waals surface area contributed by atoms with Crippen LogP contribution in [0.25, 0.3) is 21.6 Å². The zero-order valence-corrected chi connectivity index (χ0v) is 16.7. The van der Waals surface area contributed by atoms with E-state index in [-0.39, 0.29) is 5.56 Å². The van der Waals surface area contributed by atoms with Gasteiger partial charge in [-0.15, -0.1) is 11.3 Å². The van der Waals surface area contributed by atoms with Crippen LogP contribution in [-0.2, 0) is 12.8 Å². The molecule has 0 fully saturated rings. The summed E-state index contributed by atoms with van der Waals surface area (Å²) >= 11 is 1.64. The van der Waals surface area contributed by atoms with Gasteiger partial charge in [0.25, 0.3) is 5.56 Å². The first-order valence-corrected chi connectivity index (χ1v) is 9.72. The number of benzene rings is 1. The number of nitrogens with one attached hydrogen (secondary N) is 1. The van der Waals surface area contributed by atoms with Crippen LogP contribution in [0.5, 0.6) is 17.2 Å². The lowest BCUT2D eigenvalue weighted by Gasteiger charge is -2.17. The smallest absolute Gasteiger partial charge is 0.260 e. The van der Waals surface area contributed by atoms with E-state index in [4.69, 9.17) is 19.2 Å². The van der Waals surface area contributed by atoms with Gasteiger partial charge >= 0.3 is 0 Å². The maximum absolute atomic E-state index is 12.8. The third-order valence-electron chi connectivity index (χ3n) is 5.10. The normalized spacial score (nSPS) is 16.2. The monoisotopic (exact) mass is 386 g/mol. The molecule has 0 bridgehead atoms. The lowest BCUT2D eigenvalue weighted by molar-refractivity contribution is 0.324. The van der Waals surface area contributed by atoms with Gasteiger partial charge in [-0.25, -0.2) is 4.98 Å². The Bertz CT molecular complexity index is 1040. The second-order valence-corrected chi connectivity index (χ2v) is 7.94. The van der Waals surface area contributed by atoms with E-state index < -0.39 is 0 Å². The Kier molecular flexibility index (Phi) is 4.55. The van der Waals surface area contributed by atoms with Crippen molar-refractivity contribution in [3.8, 4) is 28.6 Å². The molecular formula is C20H22N2O4S. The van der Waals surface area contributed by atoms with Crippen LogP contribution < -0.4 is 19.8 Å². The number of hydrogen-bond donors (Lipinski definition) is 1. The van der Waals surface area contributed by atoms with E-state index >= 15 is 0 Å². The van der Waals surface area contributed by atoms with E-state index in [9.17, 15) is 4.79 Å². The van der Waals surface area contributed by atoms with Gasteiger partial charge in [0.2, 0.25) is 5.75 Å². The molecule has 1 aromatic carbocycles. The number of ether oxygens (including phenoxy) is 3. The van der Waals surface area contributed by atoms with Gasteiger partial charge in [-0.3, -0.25) is 4.79 Å². The molecule has 3 aromatic rings. The molecule has 0 amide bonds. The van der Waals surface area contributed by atoms with Gasteiger partial charge in [0.05, 0.1) is 26.7 Å². The van der Waals surface area contributed by atoms with Crippen LogP contribution in [0.2, 0.25) is 0 Å². The Balaban J connectivity index is 1.89. The molecule has 1 aliphatic carbocycles. The van der Waals surface area contributed by atoms with E-state index in [0.29, 0.717) is 34.6 Å². The fourth-order valence-corrected chi connectivity index (χ4v) is 5.09. The molecule has 2 heterocycles. The van der Waals surface area contributed by atoms with Gasteiger partial charge in [-0.05, 0) is 42.9 Å². The Morgan fingerprint density at radius 1 is 1.15 bits per heavy atom. The maximum atomic E-state index is 12.8. The molecule has 1 atom stereocenters. The summed E-state index contributed by atoms with van der Waals surface area (Å²) in [7, 11) is 4.69. The number of thiophene rings is 1. The molecule has 2 aromatic heterocycles. The van der Waals surface area contributed by atoms with Gasteiger partial charge in [0, 0.05) is 10.4 Å². The molecule has 1 aliphatic rings. The van der Waals surface area contributed by atoms with Crippen molar-refractivity contribution in [3.63, 3.8) is 0 Å². The summed E-state index contributed by atoms with van der Waals surface area (Å²) in [6, 6.07) is 3.59. The number of fused-ring (bicyclic) bond motifs is 3. The number of aryl methyl sites for hydroxylation is 1. The highest BCUT2D eigenvalue weighted by Crippen LogP contribution is 2.41. The molecule has 0 aliphatic heterocycles. The molecule has 6 nitrogen and oxygen atoms in total. The fraction of sp³-hybridized carbons (Fsp3) is 0.400. The number of rotatable bonds is 4. The van der Waals surface area contributed by atoms with Crippen LogP contribution in [0.15, 0.2) is 16.9 Å². The number of nitrogens with zero attached hydrogens (tertiary/aromatic N) is 1. The Hall–Kier alpha value is -2.54. The van der Waals surface area contributed by atoms with Crippen LogP contribution in [-0.4, -0.2) is 31.3 Å². The summed E-state index contributed by atoms with van der Waals surface area (Å²) in [6.07, 6.45) is 3.09. The summed E-state index contributed by atoms with van der Waals surface area (Å²) < 4.78 is 16.2. The lowest BCUT2D eigenvalue weighted by Crippen LogP contribution is -2.13. The summed E-state index contributed by atoms with van der Waals surface area (Å²) in [5, 5.41) is 0.748. The second-order valence-electron chi connectivity index (χ2n) is 6.86. The van der Waals surface area contributed by atoms with Gasteiger partial charge in [0.1, 0.15) is 10.7 Å². The van der Waals surface area contributed by atoms with Crippen molar-refractivity contribution in [2.45, 2.75) is 26.2 Å². The predicted octanol–water partition coefficient (Wildman–Crippen LogP) is 3.80. The zero-order valence-electron chi connectivity index (χ0n) is 15.8. The third-order valence-corrected chi connectivity index (χ3v) is 6.25. The van der Waals surface area contributed by atoms with E-state index in [1.165, 1.54) is 10.4 Å². The second kappa shape index (κ2) is 6.88. The van der Waals surface area contributed by atoms with E-state index in [1.54, 1.807) is 44.8 Å². The molecule has 7 heteroatoms. The first kappa shape index (κ1) is 17.9. The van der Waals surface area contributed by atoms with Gasteiger partial charge in [-0.2, -0.15) is 0 Å². The zero-order chi connectivity index (χ0) is 19.1. The molecule has 1 N–H and O–H groups in total. The molecule has 0 radical (unpaired) electrons. The molecular weight excluding hydrogens is 364 g/mol. The number of aromatic amines is 1. The molecule has 27 heavy (non-hydrogen) atoms. The third kappa shape index (κ3) is 2.96. The SMILES string of the molecule is COc1cc(-c2nc3sc4c(c3c(=O)[nH]2)CCC(C)C4)cc(OC)c1OC. The number of aromatic nitrogens is 2. The largest absolute Gasteiger partial charge is 0.493 e. The first-order valence-electron chi connectivity index (χ1n) is 8.90. The highest BCUT2D eigenvalue weighted by atomic mass is 32.1. The van der Waals surface area contributed by atoms with Crippen molar-refractivity contribution in [3.05, 3.63) is 32.9 Å². The van der Waals surface area contributed by atoms with Crippen LogP contribution in [0.3, 0.4) is 0 Å². The van der Waals surface area contributed by atoms with Crippen LogP contribution in [0, 0.1) is 5.92 Å². The topological polar surface area (TPSA) is 73.4 Å². The van der Waals surface area contributed by atoms with E-state index in [0.717, 1.165) is 29.5 Å². The standard InChI is InChI=1S/C20H22N2O4S/c1-10-5-6-12-15(7-10)27-20-16(12)19(23)21-18(22-20)11-8-13(24-2)17(26-4)14(9-11)25-3/h8-10H,5-7H2,1-4H3,(H,21,22,23). The molecule has 142 valence electrons. The number of H-pyrrole nitrogens is 1. The number of hydrogen-bond acceptors (Lipinski definition) is 6. The van der Waals surface area contributed by atoms with Crippen LogP contribution >= 0.6 is 11.3 Å². The predicted molar refractivity (Wildman–Crippen MR) is 107 cm³/mol. The Morgan fingerprint density at radius 2 is 1.85 bits per heavy atom. The fourth-order valence-electron chi connectivity index (χ4n) is 3.70. The highest BCUT2D eigenvalue weighted by molar-refractivity contribution is 7.18. The van der Waals surface area contributed by atoms with Crippen molar-refractivity contribution >= 4 is 21.6 Å². The minimum Gasteiger partial charge on any atom is -0.493 e. The van der Waals surface area contributed by atoms with Gasteiger partial charge < -0.3 is 19.2 Å². The summed E-state index contributed by atoms with van der Waals surface area (Å²) in [4.78, 5) is 22.6. The molecule has 4 rings (SSSR count). The molecule has 0 spiro atoms. The Morgan fingerprint density at radius 3 is 2.48 bits per heavy atom. The van der Waals surface area contributed by atoms with Crippen LogP contribution in [0.1, 0.15) is 23.8 Å². The van der Waals surface area contributed by atoms with E-state index in [1.807, 2.05) is 0 Å². The quantitative estimate of drug-likeness (QED) is 0.738. The van der Waals surface area contributed by atoms with Crippen molar-refractivity contribution in [1.29, 1.82) is 0 Å². The van der Waals surface area contributed by atoms with Crippen molar-refractivity contribution < 1.29 is 14.2 Å². The molecule has 0 saturated heterocycles. The molecule has 1 unspecified atom stereocenters. The summed E-state index contributed by atoms with van der Waals surface area (Å²) in [5.41, 5.74) is 1.80. The maximum Gasteiger partial charge on any atom is 0.260 e. The lowest BCUT2D eigenvalue weighted by atomic mass is 9.89. The highest BCUT2D eigenvalue weighted by Gasteiger charge is 2.23. The van der Waals surface area contributed by atoms with Crippen LogP contribution in [0.4, 0.5) is 0 Å². The summed E-state index contributed by atoms with van der Waals surface area (Å²) in [6.45, 7) is 2.26. The van der Waals surface area contributed by atoms with Crippen molar-refractivity contribution in [2.24, 2.45) is 5.92 Å². The van der Waals surface area contributed by atoms with Crippen molar-refractivity contribution in [1.82, 2.24) is 9.97 Å². The van der Waals surface area contributed by atoms with Gasteiger partial charge in [-0.1, -0.05) is 6.92 Å². The first-order chi connectivity index (χ1) is 13.0. The molecule has 0 saturated carbocycles. The van der Waals surface area contributed by atoms with Crippen molar-refractivity contribution in [2.75, 3.05) is 21.3 Å². The van der Waals surface area contributed by atoms with Gasteiger partial charge in [0.15, 0.2) is 11.5 Å². The average Bonchev–Trinajstić information content (AvgIpc) is 3.04. The minimum absolute atomic E-state index is 0.0872. The van der Waals surface area contributed by atoms with E-state index in [2.05, 4.69) is 11.9 Å². The summed E-state index contributed by atoms with van der Waals surface area (Å²) in [5.74, 6) is 2.70. The Labute approximate surface area is 161 Å². The average molecular weight is 386 g/mol. The number of methoxy groups -OCH3 is 3. The minimum atomic E-state index is -0.0872.